The van der Waals surface area contributed by atoms with E-state index in [-0.39, 0.29) is 11.7 Å². The summed E-state index contributed by atoms with van der Waals surface area (Å²) in [4.78, 5) is 11.4. The third-order valence-corrected chi connectivity index (χ3v) is 2.64. The third kappa shape index (κ3) is 3.37. The van der Waals surface area contributed by atoms with Gasteiger partial charge in [0.25, 0.3) is 0 Å². The number of hydrogen-bond acceptors (Lipinski definition) is 1. The minimum Gasteiger partial charge on any atom is -0.295 e. The average Bonchev–Trinajstić information content (AvgIpc) is 2.16. The molecule has 0 N–H and O–H groups in total. The van der Waals surface area contributed by atoms with Gasteiger partial charge in [-0.25, -0.2) is 0 Å². The van der Waals surface area contributed by atoms with Gasteiger partial charge < -0.3 is 0 Å². The van der Waals surface area contributed by atoms with Crippen LogP contribution in [0.3, 0.4) is 0 Å². The molecule has 0 aliphatic carbocycles. The molecule has 0 atom stereocenters. The Morgan fingerprint density at radius 3 is 2.27 bits per heavy atom. The Kier molecular flexibility index (Phi) is 4.37. The van der Waals surface area contributed by atoms with Gasteiger partial charge in [0.1, 0.15) is 0 Å². The van der Waals surface area contributed by atoms with Crippen molar-refractivity contribution in [1.29, 1.82) is 0 Å². The van der Waals surface area contributed by atoms with Crippen LogP contribution in [-0.4, -0.2) is 5.78 Å². The molecule has 15 heavy (non-hydrogen) atoms. The van der Waals surface area contributed by atoms with Crippen LogP contribution in [0.2, 0.25) is 10.0 Å². The van der Waals surface area contributed by atoms with Crippen molar-refractivity contribution in [2.24, 2.45) is 5.92 Å². The molecule has 80 valence electrons. The maximum absolute atomic E-state index is 11.4. The number of halogens is 2. The second-order valence-electron chi connectivity index (χ2n) is 3.53. The first-order valence-corrected chi connectivity index (χ1v) is 5.44. The first-order valence-electron chi connectivity index (χ1n) is 4.68. The van der Waals surface area contributed by atoms with Gasteiger partial charge in [-0.05, 0) is 24.3 Å². The number of carbonyl (C=O) groups is 1. The molecule has 0 heterocycles. The van der Waals surface area contributed by atoms with Gasteiger partial charge in [0.05, 0.1) is 0 Å². The molecule has 0 aromatic heterocycles. The number of carbonyl (C=O) groups excluding carboxylic acids is 1. The molecule has 0 aliphatic heterocycles. The van der Waals surface area contributed by atoms with Crippen molar-refractivity contribution in [3.8, 4) is 0 Å². The van der Waals surface area contributed by atoms with Crippen LogP contribution in [0.15, 0.2) is 24.3 Å². The Morgan fingerprint density at radius 2 is 1.80 bits per heavy atom. The topological polar surface area (TPSA) is 17.1 Å². The first kappa shape index (κ1) is 12.3. The minimum atomic E-state index is -0.0116. The first-order chi connectivity index (χ1) is 7.02. The summed E-state index contributed by atoms with van der Waals surface area (Å²) >= 11 is 11.9. The lowest BCUT2D eigenvalue weighted by Gasteiger charge is -2.01. The summed E-state index contributed by atoms with van der Waals surface area (Å²) in [5, 5.41) is 1.10. The van der Waals surface area contributed by atoms with Crippen molar-refractivity contribution in [1.82, 2.24) is 0 Å². The van der Waals surface area contributed by atoms with Crippen molar-refractivity contribution in [3.63, 3.8) is 0 Å². The fraction of sp³-hybridized carbons (Fsp3) is 0.250. The van der Waals surface area contributed by atoms with Crippen LogP contribution in [0.1, 0.15) is 19.4 Å². The Labute approximate surface area is 99.7 Å². The van der Waals surface area contributed by atoms with E-state index in [4.69, 9.17) is 23.2 Å². The predicted octanol–water partition coefficient (Wildman–Crippen LogP) is 4.23. The molecule has 1 rings (SSSR count). The highest BCUT2D eigenvalue weighted by Gasteiger charge is 2.04. The highest BCUT2D eigenvalue weighted by Crippen LogP contribution is 2.25. The Hall–Kier alpha value is -0.790. The fourth-order valence-electron chi connectivity index (χ4n) is 1.03. The summed E-state index contributed by atoms with van der Waals surface area (Å²) < 4.78 is 0. The lowest BCUT2D eigenvalue weighted by Crippen LogP contribution is -2.01. The molecular formula is C12H12Cl2O. The quantitative estimate of drug-likeness (QED) is 0.726. The molecule has 3 heteroatoms. The van der Waals surface area contributed by atoms with Gasteiger partial charge in [-0.3, -0.25) is 4.79 Å². The van der Waals surface area contributed by atoms with Gasteiger partial charge in [-0.1, -0.05) is 43.1 Å². The van der Waals surface area contributed by atoms with E-state index < -0.39 is 0 Å². The number of allylic oxidation sites excluding steroid dienone is 1. The Morgan fingerprint density at radius 1 is 1.27 bits per heavy atom. The average molecular weight is 243 g/mol. The van der Waals surface area contributed by atoms with E-state index in [1.54, 1.807) is 24.3 Å². The molecular weight excluding hydrogens is 231 g/mol. The fourth-order valence-corrected chi connectivity index (χ4v) is 1.55. The van der Waals surface area contributed by atoms with Gasteiger partial charge in [0.2, 0.25) is 0 Å². The molecule has 1 nitrogen and oxygen atoms in total. The normalized spacial score (nSPS) is 11.3. The van der Waals surface area contributed by atoms with Gasteiger partial charge in [-0.2, -0.15) is 0 Å². The van der Waals surface area contributed by atoms with Gasteiger partial charge in [-0.15, -0.1) is 0 Å². The SMILES string of the molecule is CC(C)C(=O)/C=C/c1c(Cl)cccc1Cl. The molecule has 1 aromatic carbocycles. The van der Waals surface area contributed by atoms with E-state index in [0.717, 1.165) is 0 Å². The number of rotatable bonds is 3. The van der Waals surface area contributed by atoms with Crippen molar-refractivity contribution in [2.45, 2.75) is 13.8 Å². The second-order valence-corrected chi connectivity index (χ2v) is 4.34. The molecule has 0 unspecified atom stereocenters. The van der Waals surface area contributed by atoms with Crippen LogP contribution in [0.25, 0.3) is 6.08 Å². The zero-order valence-corrected chi connectivity index (χ0v) is 10.1. The Bertz CT molecular complexity index is 374. The Balaban J connectivity index is 2.94. The standard InChI is InChI=1S/C12H12Cl2O/c1-8(2)12(15)7-6-9-10(13)4-3-5-11(9)14/h3-8H,1-2H3/b7-6+. The summed E-state index contributed by atoms with van der Waals surface area (Å²) in [5.41, 5.74) is 0.690. The van der Waals surface area contributed by atoms with E-state index in [2.05, 4.69) is 0 Å². The predicted molar refractivity (Wildman–Crippen MR) is 65.3 cm³/mol. The molecule has 1 aromatic rings. The molecule has 0 bridgehead atoms. The van der Waals surface area contributed by atoms with Crippen molar-refractivity contribution < 1.29 is 4.79 Å². The van der Waals surface area contributed by atoms with Gasteiger partial charge in [0.15, 0.2) is 5.78 Å². The highest BCUT2D eigenvalue weighted by molar-refractivity contribution is 6.37. The molecule has 0 saturated heterocycles. The summed E-state index contributed by atoms with van der Waals surface area (Å²) in [5.74, 6) is 0.0495. The number of ketones is 1. The maximum Gasteiger partial charge on any atom is 0.158 e. The summed E-state index contributed by atoms with van der Waals surface area (Å²) in [7, 11) is 0. The van der Waals surface area contributed by atoms with E-state index in [9.17, 15) is 4.79 Å². The smallest absolute Gasteiger partial charge is 0.158 e. The van der Waals surface area contributed by atoms with Crippen LogP contribution in [-0.2, 0) is 4.79 Å². The summed E-state index contributed by atoms with van der Waals surface area (Å²) in [6.07, 6.45) is 3.17. The summed E-state index contributed by atoms with van der Waals surface area (Å²) in [6.45, 7) is 3.70. The monoisotopic (exact) mass is 242 g/mol. The minimum absolute atomic E-state index is 0.0116. The maximum atomic E-state index is 11.4. The molecule has 0 radical (unpaired) electrons. The van der Waals surface area contributed by atoms with Crippen molar-refractivity contribution in [2.75, 3.05) is 0 Å². The van der Waals surface area contributed by atoms with Crippen molar-refractivity contribution >= 4 is 35.1 Å². The number of hydrogen-bond donors (Lipinski definition) is 0. The molecule has 0 aliphatic rings. The van der Waals surface area contributed by atoms with Crippen molar-refractivity contribution in [3.05, 3.63) is 39.9 Å². The lowest BCUT2D eigenvalue weighted by molar-refractivity contribution is -0.117. The van der Waals surface area contributed by atoms with Crippen LogP contribution in [0.5, 0.6) is 0 Å². The summed E-state index contributed by atoms with van der Waals surface area (Å²) in [6, 6.07) is 5.26. The van der Waals surface area contributed by atoms with E-state index in [1.165, 1.54) is 6.08 Å². The highest BCUT2D eigenvalue weighted by atomic mass is 35.5. The van der Waals surface area contributed by atoms with Crippen LogP contribution >= 0.6 is 23.2 Å². The zero-order valence-electron chi connectivity index (χ0n) is 8.63. The number of benzene rings is 1. The molecule has 0 fully saturated rings. The van der Waals surface area contributed by atoms with E-state index in [1.807, 2.05) is 13.8 Å². The largest absolute Gasteiger partial charge is 0.295 e. The van der Waals surface area contributed by atoms with Gasteiger partial charge in [0, 0.05) is 21.5 Å². The molecule has 0 amide bonds. The van der Waals surface area contributed by atoms with Crippen LogP contribution in [0.4, 0.5) is 0 Å². The lowest BCUT2D eigenvalue weighted by atomic mass is 10.1. The second kappa shape index (κ2) is 5.34. The molecule has 0 spiro atoms. The van der Waals surface area contributed by atoms with Crippen LogP contribution in [0, 0.1) is 5.92 Å². The van der Waals surface area contributed by atoms with E-state index in [0.29, 0.717) is 15.6 Å². The molecule has 0 saturated carbocycles. The zero-order chi connectivity index (χ0) is 11.4. The third-order valence-electron chi connectivity index (χ3n) is 1.98. The van der Waals surface area contributed by atoms with Gasteiger partial charge >= 0.3 is 0 Å². The van der Waals surface area contributed by atoms with Crippen LogP contribution < -0.4 is 0 Å². The van der Waals surface area contributed by atoms with E-state index >= 15 is 0 Å².